The number of aromatic nitrogens is 1. The number of hydrogen-bond acceptors (Lipinski definition) is 5. The van der Waals surface area contributed by atoms with Gasteiger partial charge in [0.1, 0.15) is 5.76 Å². The van der Waals surface area contributed by atoms with Crippen molar-refractivity contribution in [2.24, 2.45) is 0 Å². The summed E-state index contributed by atoms with van der Waals surface area (Å²) in [5.41, 5.74) is 3.78. The number of hydrogen-bond donors (Lipinski definition) is 1. The van der Waals surface area contributed by atoms with E-state index in [2.05, 4.69) is 10.5 Å². The van der Waals surface area contributed by atoms with Crippen LogP contribution in [0, 0.1) is 13.8 Å². The fourth-order valence-electron chi connectivity index (χ4n) is 2.06. The maximum atomic E-state index is 12.0. The summed E-state index contributed by atoms with van der Waals surface area (Å²) in [6.07, 6.45) is 0. The Balaban J connectivity index is 1.82. The first-order valence-corrected chi connectivity index (χ1v) is 8.13. The Morgan fingerprint density at radius 1 is 1.41 bits per heavy atom. The van der Waals surface area contributed by atoms with Crippen molar-refractivity contribution in [1.82, 2.24) is 5.16 Å². The molecule has 6 heteroatoms. The van der Waals surface area contributed by atoms with Crippen molar-refractivity contribution >= 4 is 23.4 Å². The molecule has 22 heavy (non-hydrogen) atoms. The number of aryl methyl sites for hydroxylation is 2. The topological polar surface area (TPSA) is 64.4 Å². The molecule has 1 N–H and O–H groups in total. The number of benzene rings is 1. The van der Waals surface area contributed by atoms with E-state index >= 15 is 0 Å². The monoisotopic (exact) mass is 320 g/mol. The zero-order chi connectivity index (χ0) is 15.9. The summed E-state index contributed by atoms with van der Waals surface area (Å²) in [6, 6.07) is 7.66. The summed E-state index contributed by atoms with van der Waals surface area (Å²) in [5, 5.41) is 6.80. The van der Waals surface area contributed by atoms with Gasteiger partial charge in [0.2, 0.25) is 5.91 Å². The second-order valence-corrected chi connectivity index (χ2v) is 5.96. The van der Waals surface area contributed by atoms with Gasteiger partial charge < -0.3 is 14.6 Å². The van der Waals surface area contributed by atoms with Crippen molar-refractivity contribution in [3.63, 3.8) is 0 Å². The zero-order valence-electron chi connectivity index (χ0n) is 13.0. The number of carbonyl (C=O) groups excluding carboxylic acids is 1. The van der Waals surface area contributed by atoms with Crippen LogP contribution in [0.15, 0.2) is 28.8 Å². The molecule has 2 aromatic rings. The van der Waals surface area contributed by atoms with Crippen LogP contribution in [0.4, 0.5) is 5.69 Å². The lowest BCUT2D eigenvalue weighted by molar-refractivity contribution is -0.113. The standard InChI is InChI=1S/C16H20N2O3S/c1-11-15(12(2)21-18-11)9-22-10-16(19)17-14-6-4-5-13(7-14)8-20-3/h4-7H,8-10H2,1-3H3,(H,17,19). The zero-order valence-corrected chi connectivity index (χ0v) is 13.8. The van der Waals surface area contributed by atoms with Crippen LogP contribution in [-0.4, -0.2) is 23.9 Å². The van der Waals surface area contributed by atoms with Gasteiger partial charge in [-0.1, -0.05) is 17.3 Å². The number of rotatable bonds is 7. The number of thioether (sulfide) groups is 1. The molecular formula is C16H20N2O3S. The number of anilines is 1. The molecular weight excluding hydrogens is 300 g/mol. The summed E-state index contributed by atoms with van der Waals surface area (Å²) in [5.74, 6) is 1.90. The molecule has 0 radical (unpaired) electrons. The number of carbonyl (C=O) groups is 1. The first-order valence-electron chi connectivity index (χ1n) is 6.97. The lowest BCUT2D eigenvalue weighted by Gasteiger charge is -2.07. The van der Waals surface area contributed by atoms with Gasteiger partial charge in [-0.2, -0.15) is 0 Å². The fraction of sp³-hybridized carbons (Fsp3) is 0.375. The van der Waals surface area contributed by atoms with E-state index in [0.717, 1.165) is 34.0 Å². The van der Waals surface area contributed by atoms with Crippen LogP contribution in [0.5, 0.6) is 0 Å². The summed E-state index contributed by atoms with van der Waals surface area (Å²) < 4.78 is 10.2. The predicted molar refractivity (Wildman–Crippen MR) is 87.9 cm³/mol. The Labute approximate surface area is 134 Å². The van der Waals surface area contributed by atoms with E-state index in [-0.39, 0.29) is 5.91 Å². The highest BCUT2D eigenvalue weighted by Crippen LogP contribution is 2.19. The van der Waals surface area contributed by atoms with Crippen LogP contribution in [0.3, 0.4) is 0 Å². The molecule has 1 aromatic carbocycles. The van der Waals surface area contributed by atoms with Crippen LogP contribution in [-0.2, 0) is 21.9 Å². The molecule has 0 aliphatic carbocycles. The highest BCUT2D eigenvalue weighted by Gasteiger charge is 2.10. The first-order chi connectivity index (χ1) is 10.6. The summed E-state index contributed by atoms with van der Waals surface area (Å²) >= 11 is 1.54. The summed E-state index contributed by atoms with van der Waals surface area (Å²) in [6.45, 7) is 4.33. The maximum absolute atomic E-state index is 12.0. The minimum atomic E-state index is -0.0219. The van der Waals surface area contributed by atoms with Crippen LogP contribution < -0.4 is 5.32 Å². The number of nitrogens with zero attached hydrogens (tertiary/aromatic N) is 1. The summed E-state index contributed by atoms with van der Waals surface area (Å²) in [4.78, 5) is 12.0. The van der Waals surface area contributed by atoms with Crippen LogP contribution in [0.25, 0.3) is 0 Å². The van der Waals surface area contributed by atoms with Crippen molar-refractivity contribution < 1.29 is 14.1 Å². The van der Waals surface area contributed by atoms with Crippen LogP contribution in [0.2, 0.25) is 0 Å². The Hall–Kier alpha value is -1.79. The maximum Gasteiger partial charge on any atom is 0.234 e. The third-order valence-corrected chi connectivity index (χ3v) is 4.14. The molecule has 0 unspecified atom stereocenters. The van der Waals surface area contributed by atoms with Crippen molar-refractivity contribution in [2.75, 3.05) is 18.2 Å². The van der Waals surface area contributed by atoms with Gasteiger partial charge in [-0.05, 0) is 31.5 Å². The molecule has 1 aromatic heterocycles. The van der Waals surface area contributed by atoms with Gasteiger partial charge in [0, 0.05) is 24.1 Å². The minimum absolute atomic E-state index is 0.0219. The van der Waals surface area contributed by atoms with Gasteiger partial charge >= 0.3 is 0 Å². The smallest absolute Gasteiger partial charge is 0.234 e. The predicted octanol–water partition coefficient (Wildman–Crippen LogP) is 3.31. The van der Waals surface area contributed by atoms with Gasteiger partial charge in [0.25, 0.3) is 0 Å². The third kappa shape index (κ3) is 4.61. The lowest BCUT2D eigenvalue weighted by Crippen LogP contribution is -2.14. The molecule has 0 atom stereocenters. The average molecular weight is 320 g/mol. The number of ether oxygens (including phenoxy) is 1. The molecule has 0 bridgehead atoms. The number of amides is 1. The van der Waals surface area contributed by atoms with Crippen molar-refractivity contribution in [3.05, 3.63) is 46.8 Å². The molecule has 0 fully saturated rings. The van der Waals surface area contributed by atoms with Crippen molar-refractivity contribution in [3.8, 4) is 0 Å². The largest absolute Gasteiger partial charge is 0.380 e. The Bertz CT molecular complexity index is 621. The van der Waals surface area contributed by atoms with Crippen molar-refractivity contribution in [1.29, 1.82) is 0 Å². The molecule has 118 valence electrons. The highest BCUT2D eigenvalue weighted by atomic mass is 32.2. The molecule has 0 aliphatic heterocycles. The van der Waals surface area contributed by atoms with Gasteiger partial charge in [-0.15, -0.1) is 11.8 Å². The summed E-state index contributed by atoms with van der Waals surface area (Å²) in [7, 11) is 1.65. The molecule has 2 rings (SSSR count). The van der Waals surface area contributed by atoms with E-state index < -0.39 is 0 Å². The average Bonchev–Trinajstić information content (AvgIpc) is 2.80. The van der Waals surface area contributed by atoms with E-state index in [1.807, 2.05) is 38.1 Å². The third-order valence-electron chi connectivity index (χ3n) is 3.18. The number of methoxy groups -OCH3 is 1. The first kappa shape index (κ1) is 16.6. The quantitative estimate of drug-likeness (QED) is 0.848. The molecule has 0 saturated heterocycles. The van der Waals surface area contributed by atoms with Gasteiger partial charge in [0.05, 0.1) is 18.1 Å². The van der Waals surface area contributed by atoms with Gasteiger partial charge in [0.15, 0.2) is 0 Å². The SMILES string of the molecule is COCc1cccc(NC(=O)CSCc2c(C)noc2C)c1. The molecule has 0 spiro atoms. The van der Waals surface area contributed by atoms with Crippen molar-refractivity contribution in [2.45, 2.75) is 26.2 Å². The van der Waals surface area contributed by atoms with Gasteiger partial charge in [-0.25, -0.2) is 0 Å². The Morgan fingerprint density at radius 3 is 2.91 bits per heavy atom. The van der Waals surface area contributed by atoms with Crippen LogP contribution >= 0.6 is 11.8 Å². The molecule has 1 amide bonds. The van der Waals surface area contributed by atoms with E-state index in [4.69, 9.17) is 9.26 Å². The van der Waals surface area contributed by atoms with E-state index in [1.165, 1.54) is 0 Å². The van der Waals surface area contributed by atoms with Gasteiger partial charge in [-0.3, -0.25) is 4.79 Å². The Kier molecular flexibility index (Phi) is 6.03. The van der Waals surface area contributed by atoms with Crippen LogP contribution in [0.1, 0.15) is 22.6 Å². The fourth-order valence-corrected chi connectivity index (χ4v) is 3.03. The Morgan fingerprint density at radius 2 is 2.23 bits per heavy atom. The lowest BCUT2D eigenvalue weighted by atomic mass is 10.2. The second kappa shape index (κ2) is 8.00. The van der Waals surface area contributed by atoms with E-state index in [1.54, 1.807) is 18.9 Å². The minimum Gasteiger partial charge on any atom is -0.380 e. The molecule has 1 heterocycles. The molecule has 0 aliphatic rings. The normalized spacial score (nSPS) is 10.7. The second-order valence-electron chi connectivity index (χ2n) is 4.98. The van der Waals surface area contributed by atoms with E-state index in [9.17, 15) is 4.79 Å². The highest BCUT2D eigenvalue weighted by molar-refractivity contribution is 7.99. The molecule has 0 saturated carbocycles. The van der Waals surface area contributed by atoms with E-state index in [0.29, 0.717) is 12.4 Å². The number of nitrogens with one attached hydrogen (secondary N) is 1. The molecule has 5 nitrogen and oxygen atoms in total.